The Morgan fingerprint density at radius 3 is 2.21 bits per heavy atom. The molecule has 3 rings (SSSR count). The summed E-state index contributed by atoms with van der Waals surface area (Å²) >= 11 is 5.78. The minimum absolute atomic E-state index is 0. The Bertz CT molecular complexity index is 665. The summed E-state index contributed by atoms with van der Waals surface area (Å²) in [5, 5.41) is 3.87. The van der Waals surface area contributed by atoms with Crippen molar-refractivity contribution in [3.05, 3.63) is 29.3 Å². The van der Waals surface area contributed by atoms with E-state index in [0.717, 1.165) is 25.9 Å². The first-order valence-electron chi connectivity index (χ1n) is 7.92. The van der Waals surface area contributed by atoms with Crippen LogP contribution in [-0.2, 0) is 14.6 Å². The third-order valence-corrected chi connectivity index (χ3v) is 6.73. The number of fused-ring (bicyclic) bond motifs is 1. The molecule has 5 nitrogen and oxygen atoms in total. The lowest BCUT2D eigenvalue weighted by Gasteiger charge is -2.21. The summed E-state index contributed by atoms with van der Waals surface area (Å²) in [5.74, 6) is 0.455. The lowest BCUT2D eigenvalue weighted by molar-refractivity contribution is -0.128. The largest absolute Gasteiger partial charge is 0.342 e. The molecule has 134 valence electrons. The van der Waals surface area contributed by atoms with Crippen molar-refractivity contribution in [1.82, 2.24) is 10.2 Å². The fourth-order valence-corrected chi connectivity index (χ4v) is 4.80. The topological polar surface area (TPSA) is 66.5 Å². The molecule has 24 heavy (non-hydrogen) atoms. The van der Waals surface area contributed by atoms with Gasteiger partial charge in [-0.3, -0.25) is 4.79 Å². The molecule has 8 heteroatoms. The third-order valence-electron chi connectivity index (χ3n) is 4.86. The Hall–Kier alpha value is -0.820. The highest BCUT2D eigenvalue weighted by Crippen LogP contribution is 2.27. The van der Waals surface area contributed by atoms with E-state index in [-0.39, 0.29) is 23.2 Å². The molecule has 2 saturated heterocycles. The van der Waals surface area contributed by atoms with E-state index in [1.165, 1.54) is 24.3 Å². The Morgan fingerprint density at radius 1 is 1.12 bits per heavy atom. The van der Waals surface area contributed by atoms with E-state index in [4.69, 9.17) is 11.6 Å². The molecule has 2 aliphatic heterocycles. The monoisotopic (exact) mass is 392 g/mol. The van der Waals surface area contributed by atoms with Crippen LogP contribution in [0.4, 0.5) is 0 Å². The van der Waals surface area contributed by atoms with Crippen molar-refractivity contribution in [2.45, 2.75) is 17.7 Å². The maximum absolute atomic E-state index is 12.4. The van der Waals surface area contributed by atoms with Crippen molar-refractivity contribution in [3.63, 3.8) is 0 Å². The van der Waals surface area contributed by atoms with E-state index in [1.807, 2.05) is 0 Å². The van der Waals surface area contributed by atoms with E-state index < -0.39 is 15.6 Å². The molecule has 2 atom stereocenters. The number of carbonyl (C=O) groups is 1. The molecule has 0 aliphatic carbocycles. The van der Waals surface area contributed by atoms with Crippen LogP contribution in [0.3, 0.4) is 0 Å². The number of amides is 1. The third kappa shape index (κ3) is 4.42. The van der Waals surface area contributed by atoms with Crippen LogP contribution >= 0.6 is 24.0 Å². The van der Waals surface area contributed by atoms with Crippen molar-refractivity contribution in [3.8, 4) is 0 Å². The fourth-order valence-electron chi connectivity index (χ4n) is 3.45. The van der Waals surface area contributed by atoms with Gasteiger partial charge in [-0.25, -0.2) is 8.42 Å². The van der Waals surface area contributed by atoms with Gasteiger partial charge >= 0.3 is 0 Å². The Labute approximate surface area is 154 Å². The molecule has 0 saturated carbocycles. The van der Waals surface area contributed by atoms with Gasteiger partial charge in [0.1, 0.15) is 5.75 Å². The number of carbonyl (C=O) groups excluding carboxylic acids is 1. The van der Waals surface area contributed by atoms with Crippen LogP contribution in [0.15, 0.2) is 29.2 Å². The molecule has 1 aromatic rings. The molecule has 0 aromatic heterocycles. The average molecular weight is 393 g/mol. The molecule has 1 aromatic carbocycles. The van der Waals surface area contributed by atoms with E-state index in [0.29, 0.717) is 29.9 Å². The van der Waals surface area contributed by atoms with Gasteiger partial charge in [0.2, 0.25) is 5.91 Å². The van der Waals surface area contributed by atoms with Gasteiger partial charge in [-0.2, -0.15) is 0 Å². The number of nitrogens with zero attached hydrogens (tertiary/aromatic N) is 1. The lowest BCUT2D eigenvalue weighted by Crippen LogP contribution is -2.37. The standard InChI is InChI=1S/C16H21ClN2O3S.ClH/c17-14-1-3-15(4-2-14)23(21,22)11-16(20)19-7-5-12-9-18-10-13(12)6-8-19;/h1-4,12-13,18H,5-11H2;1H/t12-,13+;. The van der Waals surface area contributed by atoms with Crippen LogP contribution in [-0.4, -0.2) is 51.2 Å². The molecular weight excluding hydrogens is 371 g/mol. The molecule has 0 radical (unpaired) electrons. The number of hydrogen-bond donors (Lipinski definition) is 1. The predicted molar refractivity (Wildman–Crippen MR) is 96.4 cm³/mol. The Kier molecular flexibility index (Phi) is 6.53. The number of nitrogens with one attached hydrogen (secondary N) is 1. The van der Waals surface area contributed by atoms with Gasteiger partial charge in [-0.1, -0.05) is 11.6 Å². The maximum atomic E-state index is 12.4. The van der Waals surface area contributed by atoms with Crippen molar-refractivity contribution in [1.29, 1.82) is 0 Å². The fraction of sp³-hybridized carbons (Fsp3) is 0.562. The first-order valence-corrected chi connectivity index (χ1v) is 9.95. The van der Waals surface area contributed by atoms with E-state index in [9.17, 15) is 13.2 Å². The molecule has 2 aliphatic rings. The first-order chi connectivity index (χ1) is 11.0. The van der Waals surface area contributed by atoms with Crippen molar-refractivity contribution < 1.29 is 13.2 Å². The van der Waals surface area contributed by atoms with Crippen LogP contribution in [0.5, 0.6) is 0 Å². The minimum atomic E-state index is -3.62. The number of hydrogen-bond acceptors (Lipinski definition) is 4. The van der Waals surface area contributed by atoms with Crippen molar-refractivity contribution >= 4 is 39.8 Å². The summed E-state index contributed by atoms with van der Waals surface area (Å²) in [6.45, 7) is 3.32. The van der Waals surface area contributed by atoms with Crippen LogP contribution in [0.1, 0.15) is 12.8 Å². The van der Waals surface area contributed by atoms with E-state index in [2.05, 4.69) is 5.32 Å². The van der Waals surface area contributed by atoms with Gasteiger partial charge in [0.15, 0.2) is 9.84 Å². The molecule has 2 heterocycles. The van der Waals surface area contributed by atoms with E-state index in [1.54, 1.807) is 4.90 Å². The summed E-state index contributed by atoms with van der Waals surface area (Å²) in [4.78, 5) is 14.3. The van der Waals surface area contributed by atoms with Gasteiger partial charge in [0.05, 0.1) is 4.90 Å². The SMILES string of the molecule is Cl.O=C(CS(=O)(=O)c1ccc(Cl)cc1)N1CC[C@@H]2CNC[C@@H]2CC1. The Balaban J connectivity index is 0.00000208. The summed E-state index contributed by atoms with van der Waals surface area (Å²) < 4.78 is 24.8. The maximum Gasteiger partial charge on any atom is 0.238 e. The minimum Gasteiger partial charge on any atom is -0.342 e. The second-order valence-electron chi connectivity index (χ2n) is 6.35. The number of sulfone groups is 1. The molecule has 2 fully saturated rings. The van der Waals surface area contributed by atoms with Gasteiger partial charge < -0.3 is 10.2 Å². The number of benzene rings is 1. The van der Waals surface area contributed by atoms with Gasteiger partial charge in [-0.15, -0.1) is 12.4 Å². The normalized spacial score (nSPS) is 24.0. The van der Waals surface area contributed by atoms with Crippen LogP contribution < -0.4 is 5.32 Å². The predicted octanol–water partition coefficient (Wildman–Crippen LogP) is 1.99. The summed E-state index contributed by atoms with van der Waals surface area (Å²) in [6, 6.07) is 5.95. The second-order valence-corrected chi connectivity index (χ2v) is 8.78. The van der Waals surface area contributed by atoms with E-state index >= 15 is 0 Å². The van der Waals surface area contributed by atoms with Gasteiger partial charge in [0, 0.05) is 18.1 Å². The zero-order valence-corrected chi connectivity index (χ0v) is 15.7. The molecule has 0 bridgehead atoms. The molecule has 1 amide bonds. The van der Waals surface area contributed by atoms with Crippen molar-refractivity contribution in [2.24, 2.45) is 11.8 Å². The number of rotatable bonds is 3. The van der Waals surface area contributed by atoms with Gasteiger partial charge in [0.25, 0.3) is 0 Å². The second kappa shape index (κ2) is 8.04. The molecule has 0 spiro atoms. The van der Waals surface area contributed by atoms with Crippen LogP contribution in [0.2, 0.25) is 5.02 Å². The van der Waals surface area contributed by atoms with Crippen LogP contribution in [0, 0.1) is 11.8 Å². The highest BCUT2D eigenvalue weighted by molar-refractivity contribution is 7.92. The highest BCUT2D eigenvalue weighted by atomic mass is 35.5. The van der Waals surface area contributed by atoms with Gasteiger partial charge in [-0.05, 0) is 62.0 Å². The first kappa shape index (κ1) is 19.5. The quantitative estimate of drug-likeness (QED) is 0.853. The Morgan fingerprint density at radius 2 is 1.67 bits per heavy atom. The zero-order chi connectivity index (χ0) is 16.4. The molecule has 1 N–H and O–H groups in total. The summed E-state index contributed by atoms with van der Waals surface area (Å²) in [7, 11) is -3.62. The highest BCUT2D eigenvalue weighted by Gasteiger charge is 2.32. The van der Waals surface area contributed by atoms with Crippen LogP contribution in [0.25, 0.3) is 0 Å². The number of likely N-dealkylation sites (tertiary alicyclic amines) is 1. The molecule has 0 unspecified atom stereocenters. The summed E-state index contributed by atoms with van der Waals surface area (Å²) in [6.07, 6.45) is 1.90. The zero-order valence-electron chi connectivity index (χ0n) is 13.3. The lowest BCUT2D eigenvalue weighted by atomic mass is 9.92. The van der Waals surface area contributed by atoms with Crippen molar-refractivity contribution in [2.75, 3.05) is 31.9 Å². The average Bonchev–Trinajstić information content (AvgIpc) is 2.85. The summed E-state index contributed by atoms with van der Waals surface area (Å²) in [5.41, 5.74) is 0. The number of halogens is 2. The molecular formula is C16H22Cl2N2O3S. The smallest absolute Gasteiger partial charge is 0.238 e.